The zero-order valence-corrected chi connectivity index (χ0v) is 19.8. The number of ether oxygens (including phenoxy) is 1. The van der Waals surface area contributed by atoms with Gasteiger partial charge in [-0.25, -0.2) is 4.39 Å². The van der Waals surface area contributed by atoms with E-state index in [-0.39, 0.29) is 41.6 Å². The molecule has 0 spiro atoms. The Labute approximate surface area is 185 Å². The number of aliphatic imine (C=N–C) groups is 1. The first kappa shape index (κ1) is 24.9. The molecule has 0 saturated carbocycles. The van der Waals surface area contributed by atoms with Crippen LogP contribution in [0.5, 0.6) is 5.75 Å². The lowest BCUT2D eigenvalue weighted by molar-refractivity contribution is 0.122. The number of rotatable bonds is 8. The molecule has 1 saturated heterocycles. The second-order valence-electron chi connectivity index (χ2n) is 7.15. The third kappa shape index (κ3) is 8.48. The highest BCUT2D eigenvalue weighted by atomic mass is 127. The zero-order chi connectivity index (χ0) is 19.6. The Balaban J connectivity index is 0.00000392. The van der Waals surface area contributed by atoms with Crippen LogP contribution in [-0.2, 0) is 0 Å². The first-order valence-electron chi connectivity index (χ1n) is 9.85. The molecule has 2 unspecified atom stereocenters. The van der Waals surface area contributed by atoms with Crippen molar-refractivity contribution in [2.45, 2.75) is 32.9 Å². The lowest BCUT2D eigenvalue weighted by Crippen LogP contribution is -2.49. The number of guanidine groups is 1. The van der Waals surface area contributed by atoms with Crippen molar-refractivity contribution in [2.24, 2.45) is 4.99 Å². The van der Waals surface area contributed by atoms with Gasteiger partial charge in [-0.2, -0.15) is 0 Å². The summed E-state index contributed by atoms with van der Waals surface area (Å²) < 4.78 is 19.4. The quantitative estimate of drug-likeness (QED) is 0.322. The maximum atomic E-state index is 13.7. The van der Waals surface area contributed by atoms with Crippen molar-refractivity contribution in [1.29, 1.82) is 0 Å². The number of halogens is 2. The summed E-state index contributed by atoms with van der Waals surface area (Å²) in [4.78, 5) is 9.55. The van der Waals surface area contributed by atoms with Crippen LogP contribution in [0.3, 0.4) is 0 Å². The van der Waals surface area contributed by atoms with Crippen molar-refractivity contribution in [3.05, 3.63) is 30.1 Å². The Kier molecular flexibility index (Phi) is 11.7. The minimum Gasteiger partial charge on any atom is -0.486 e. The molecular formula is C20H35FIN5O. The largest absolute Gasteiger partial charge is 0.486 e. The van der Waals surface area contributed by atoms with E-state index in [9.17, 15) is 4.39 Å². The first-order chi connectivity index (χ1) is 13.0. The molecule has 2 N–H and O–H groups in total. The Morgan fingerprint density at radius 3 is 2.50 bits per heavy atom. The number of para-hydroxylation sites is 1. The average Bonchev–Trinajstić information content (AvgIpc) is 2.66. The molecule has 1 aliphatic heterocycles. The molecule has 1 heterocycles. The van der Waals surface area contributed by atoms with Crippen LogP contribution in [0.1, 0.15) is 20.8 Å². The van der Waals surface area contributed by atoms with Crippen LogP contribution < -0.4 is 15.4 Å². The van der Waals surface area contributed by atoms with Crippen molar-refractivity contribution >= 4 is 29.9 Å². The van der Waals surface area contributed by atoms with Gasteiger partial charge in [-0.3, -0.25) is 9.89 Å². The molecule has 1 fully saturated rings. The van der Waals surface area contributed by atoms with Gasteiger partial charge in [0.1, 0.15) is 6.10 Å². The third-order valence-electron chi connectivity index (χ3n) is 4.74. The molecule has 28 heavy (non-hydrogen) atoms. The SMILES string of the molecule is CCNC(=NCC(C)N1CCN(C)CC1)NCC(C)Oc1ccccc1F.I. The second-order valence-corrected chi connectivity index (χ2v) is 7.15. The van der Waals surface area contributed by atoms with E-state index in [0.717, 1.165) is 45.2 Å². The van der Waals surface area contributed by atoms with Gasteiger partial charge in [0.25, 0.3) is 0 Å². The monoisotopic (exact) mass is 507 g/mol. The minimum atomic E-state index is -0.342. The molecule has 1 aromatic rings. The number of nitrogens with one attached hydrogen (secondary N) is 2. The molecule has 160 valence electrons. The van der Waals surface area contributed by atoms with E-state index in [2.05, 4.69) is 34.4 Å². The van der Waals surface area contributed by atoms with Gasteiger partial charge in [0.05, 0.1) is 13.1 Å². The number of hydrogen-bond donors (Lipinski definition) is 2. The van der Waals surface area contributed by atoms with Crippen molar-refractivity contribution in [1.82, 2.24) is 20.4 Å². The predicted molar refractivity (Wildman–Crippen MR) is 124 cm³/mol. The third-order valence-corrected chi connectivity index (χ3v) is 4.74. The maximum absolute atomic E-state index is 13.7. The summed E-state index contributed by atoms with van der Waals surface area (Å²) in [5.74, 6) is 0.700. The van der Waals surface area contributed by atoms with Crippen molar-refractivity contribution in [3.63, 3.8) is 0 Å². The summed E-state index contributed by atoms with van der Waals surface area (Å²) in [6, 6.07) is 6.87. The molecule has 0 bridgehead atoms. The van der Waals surface area contributed by atoms with Crippen LogP contribution in [0.4, 0.5) is 4.39 Å². The molecule has 6 nitrogen and oxygen atoms in total. The maximum Gasteiger partial charge on any atom is 0.191 e. The zero-order valence-electron chi connectivity index (χ0n) is 17.4. The van der Waals surface area contributed by atoms with Crippen LogP contribution in [0.2, 0.25) is 0 Å². The molecule has 8 heteroatoms. The van der Waals surface area contributed by atoms with Gasteiger partial charge in [0.15, 0.2) is 17.5 Å². The van der Waals surface area contributed by atoms with Crippen LogP contribution in [0, 0.1) is 5.82 Å². The average molecular weight is 507 g/mol. The Morgan fingerprint density at radius 2 is 1.86 bits per heavy atom. The highest BCUT2D eigenvalue weighted by Gasteiger charge is 2.18. The molecule has 1 aliphatic rings. The van der Waals surface area contributed by atoms with Gasteiger partial charge in [0.2, 0.25) is 0 Å². The summed E-state index contributed by atoms with van der Waals surface area (Å²) >= 11 is 0. The van der Waals surface area contributed by atoms with Gasteiger partial charge >= 0.3 is 0 Å². The normalized spacial score (nSPS) is 18.1. The summed E-state index contributed by atoms with van der Waals surface area (Å²) in [5, 5.41) is 6.55. The first-order valence-corrected chi connectivity index (χ1v) is 9.85. The van der Waals surface area contributed by atoms with E-state index < -0.39 is 0 Å². The van der Waals surface area contributed by atoms with E-state index in [1.807, 2.05) is 13.8 Å². The van der Waals surface area contributed by atoms with Gasteiger partial charge in [-0.05, 0) is 40.0 Å². The fourth-order valence-corrected chi connectivity index (χ4v) is 2.98. The summed E-state index contributed by atoms with van der Waals surface area (Å²) in [6.45, 7) is 12.6. The number of benzene rings is 1. The fourth-order valence-electron chi connectivity index (χ4n) is 2.98. The number of nitrogens with zero attached hydrogens (tertiary/aromatic N) is 3. The molecule has 0 amide bonds. The Hall–Kier alpha value is -1.13. The van der Waals surface area contributed by atoms with E-state index in [1.54, 1.807) is 18.2 Å². The van der Waals surface area contributed by atoms with E-state index >= 15 is 0 Å². The van der Waals surface area contributed by atoms with Crippen LogP contribution in [-0.4, -0.2) is 80.8 Å². The van der Waals surface area contributed by atoms with Crippen LogP contribution in [0.15, 0.2) is 29.3 Å². The highest BCUT2D eigenvalue weighted by molar-refractivity contribution is 14.0. The smallest absolute Gasteiger partial charge is 0.191 e. The molecule has 2 atom stereocenters. The van der Waals surface area contributed by atoms with Crippen molar-refractivity contribution < 1.29 is 9.13 Å². The fraction of sp³-hybridized carbons (Fsp3) is 0.650. The molecule has 0 radical (unpaired) electrons. The van der Waals surface area contributed by atoms with Gasteiger partial charge < -0.3 is 20.3 Å². The standard InChI is InChI=1S/C20H34FN5O.HI/c1-5-22-20(23-14-16(2)26-12-10-25(4)11-13-26)24-15-17(3)27-19-9-7-6-8-18(19)21;/h6-9,16-17H,5,10-15H2,1-4H3,(H2,22,23,24);1H. The Morgan fingerprint density at radius 1 is 1.18 bits per heavy atom. The van der Waals surface area contributed by atoms with Gasteiger partial charge in [0, 0.05) is 38.8 Å². The van der Waals surface area contributed by atoms with E-state index in [4.69, 9.17) is 9.73 Å². The van der Waals surface area contributed by atoms with Crippen LogP contribution in [0.25, 0.3) is 0 Å². The minimum absolute atomic E-state index is 0. The number of piperazine rings is 1. The number of likely N-dealkylation sites (N-methyl/N-ethyl adjacent to an activating group) is 1. The van der Waals surface area contributed by atoms with Crippen molar-refractivity contribution in [2.75, 3.05) is 52.9 Å². The van der Waals surface area contributed by atoms with Crippen LogP contribution >= 0.6 is 24.0 Å². The topological polar surface area (TPSA) is 52.1 Å². The molecular weight excluding hydrogens is 472 g/mol. The molecule has 0 aliphatic carbocycles. The van der Waals surface area contributed by atoms with Gasteiger partial charge in [-0.1, -0.05) is 12.1 Å². The van der Waals surface area contributed by atoms with E-state index in [1.165, 1.54) is 6.07 Å². The number of hydrogen-bond acceptors (Lipinski definition) is 4. The predicted octanol–water partition coefficient (Wildman–Crippen LogP) is 2.40. The lowest BCUT2D eigenvalue weighted by Gasteiger charge is -2.35. The van der Waals surface area contributed by atoms with Gasteiger partial charge in [-0.15, -0.1) is 24.0 Å². The second kappa shape index (κ2) is 13.2. The van der Waals surface area contributed by atoms with Crippen molar-refractivity contribution in [3.8, 4) is 5.75 Å². The summed E-state index contributed by atoms with van der Waals surface area (Å²) in [5.41, 5.74) is 0. The molecule has 0 aromatic heterocycles. The summed E-state index contributed by atoms with van der Waals surface area (Å²) in [6.07, 6.45) is -0.180. The molecule has 1 aromatic carbocycles. The Bertz CT molecular complexity index is 596. The lowest BCUT2D eigenvalue weighted by atomic mass is 10.2. The highest BCUT2D eigenvalue weighted by Crippen LogP contribution is 2.16. The molecule has 2 rings (SSSR count). The summed E-state index contributed by atoms with van der Waals surface area (Å²) in [7, 11) is 2.16. The van der Waals surface area contributed by atoms with E-state index in [0.29, 0.717) is 12.6 Å².